The maximum Gasteiger partial charge on any atom is 0.416 e. The molecule has 1 aromatic carbocycles. The van der Waals surface area contributed by atoms with Crippen LogP contribution in [-0.4, -0.2) is 21.7 Å². The summed E-state index contributed by atoms with van der Waals surface area (Å²) in [6, 6.07) is 3.95. The van der Waals surface area contributed by atoms with Crippen LogP contribution in [0.5, 0.6) is 0 Å². The first kappa shape index (κ1) is 18.0. The fourth-order valence-corrected chi connectivity index (χ4v) is 2.07. The van der Waals surface area contributed by atoms with Crippen molar-refractivity contribution in [3.8, 4) is 5.69 Å². The Hall–Kier alpha value is -2.35. The van der Waals surface area contributed by atoms with Gasteiger partial charge in [-0.05, 0) is 30.2 Å². The second-order valence-electron chi connectivity index (χ2n) is 5.62. The summed E-state index contributed by atoms with van der Waals surface area (Å²) in [6.45, 7) is 3.83. The number of halogens is 3. The molecular formula is C16H19F3N4O. The quantitative estimate of drug-likeness (QED) is 0.878. The van der Waals surface area contributed by atoms with E-state index in [-0.39, 0.29) is 11.8 Å². The molecule has 8 heteroatoms. The van der Waals surface area contributed by atoms with Crippen molar-refractivity contribution in [3.05, 3.63) is 42.2 Å². The number of aromatic nitrogens is 2. The van der Waals surface area contributed by atoms with Gasteiger partial charge >= 0.3 is 6.18 Å². The van der Waals surface area contributed by atoms with Crippen LogP contribution in [-0.2, 0) is 11.0 Å². The molecule has 2 atom stereocenters. The summed E-state index contributed by atoms with van der Waals surface area (Å²) in [7, 11) is 0. The van der Waals surface area contributed by atoms with Crippen molar-refractivity contribution < 1.29 is 18.0 Å². The van der Waals surface area contributed by atoms with E-state index in [1.165, 1.54) is 29.2 Å². The van der Waals surface area contributed by atoms with E-state index in [1.54, 1.807) is 0 Å². The van der Waals surface area contributed by atoms with Crippen molar-refractivity contribution in [2.24, 2.45) is 11.7 Å². The van der Waals surface area contributed by atoms with Gasteiger partial charge in [0.2, 0.25) is 5.91 Å². The number of alkyl halides is 3. The van der Waals surface area contributed by atoms with Crippen molar-refractivity contribution >= 4 is 11.6 Å². The Labute approximate surface area is 137 Å². The van der Waals surface area contributed by atoms with Gasteiger partial charge in [0.1, 0.15) is 0 Å². The summed E-state index contributed by atoms with van der Waals surface area (Å²) >= 11 is 0. The Kier molecular flexibility index (Phi) is 5.28. The second-order valence-corrected chi connectivity index (χ2v) is 5.62. The van der Waals surface area contributed by atoms with Crippen LogP contribution >= 0.6 is 0 Å². The molecule has 130 valence electrons. The molecule has 0 saturated carbocycles. The minimum Gasteiger partial charge on any atom is -0.322 e. The third kappa shape index (κ3) is 4.14. The van der Waals surface area contributed by atoms with Crippen LogP contribution in [0.15, 0.2) is 36.7 Å². The van der Waals surface area contributed by atoms with Crippen LogP contribution in [0.25, 0.3) is 5.69 Å². The van der Waals surface area contributed by atoms with E-state index in [0.29, 0.717) is 11.4 Å². The molecule has 1 amide bonds. The number of carbonyl (C=O) groups is 1. The lowest BCUT2D eigenvalue weighted by Gasteiger charge is -2.16. The van der Waals surface area contributed by atoms with Gasteiger partial charge < -0.3 is 11.1 Å². The third-order valence-electron chi connectivity index (χ3n) is 3.87. The van der Waals surface area contributed by atoms with Crippen molar-refractivity contribution in [3.63, 3.8) is 0 Å². The first-order valence-corrected chi connectivity index (χ1v) is 7.51. The lowest BCUT2D eigenvalue weighted by atomic mass is 9.99. The normalized spacial score (nSPS) is 14.2. The molecule has 0 bridgehead atoms. The number of rotatable bonds is 5. The minimum absolute atomic E-state index is 0.0370. The van der Waals surface area contributed by atoms with Gasteiger partial charge in [0.05, 0.1) is 35.4 Å². The van der Waals surface area contributed by atoms with Crippen LogP contribution in [0, 0.1) is 5.92 Å². The molecule has 0 spiro atoms. The Morgan fingerprint density at radius 2 is 1.96 bits per heavy atom. The summed E-state index contributed by atoms with van der Waals surface area (Å²) < 4.78 is 39.1. The minimum atomic E-state index is -4.38. The van der Waals surface area contributed by atoms with Gasteiger partial charge in [-0.1, -0.05) is 20.3 Å². The van der Waals surface area contributed by atoms with Crippen molar-refractivity contribution in [1.29, 1.82) is 0 Å². The van der Waals surface area contributed by atoms with E-state index in [0.717, 1.165) is 18.6 Å². The van der Waals surface area contributed by atoms with Crippen molar-refractivity contribution in [1.82, 2.24) is 9.78 Å². The van der Waals surface area contributed by atoms with E-state index >= 15 is 0 Å². The molecule has 2 aromatic rings. The van der Waals surface area contributed by atoms with Crippen molar-refractivity contribution in [2.45, 2.75) is 32.5 Å². The summed E-state index contributed by atoms with van der Waals surface area (Å²) in [5, 5.41) is 6.69. The highest BCUT2D eigenvalue weighted by molar-refractivity contribution is 5.94. The van der Waals surface area contributed by atoms with Gasteiger partial charge in [0, 0.05) is 0 Å². The fourth-order valence-electron chi connectivity index (χ4n) is 2.07. The summed E-state index contributed by atoms with van der Waals surface area (Å²) in [5.74, 6) is -0.286. The maximum absolute atomic E-state index is 12.6. The molecule has 1 aromatic heterocycles. The van der Waals surface area contributed by atoms with Crippen LogP contribution in [0.1, 0.15) is 25.8 Å². The van der Waals surface area contributed by atoms with Gasteiger partial charge in [-0.3, -0.25) is 4.79 Å². The Balaban J connectivity index is 2.09. The first-order chi connectivity index (χ1) is 11.2. The Bertz CT molecular complexity index is 694. The Morgan fingerprint density at radius 3 is 2.50 bits per heavy atom. The highest BCUT2D eigenvalue weighted by Gasteiger charge is 2.30. The van der Waals surface area contributed by atoms with E-state index in [4.69, 9.17) is 5.73 Å². The number of hydrogen-bond acceptors (Lipinski definition) is 3. The van der Waals surface area contributed by atoms with Gasteiger partial charge in [-0.25, -0.2) is 4.68 Å². The molecule has 3 N–H and O–H groups in total. The number of nitrogens with zero attached hydrogens (tertiary/aromatic N) is 2. The summed E-state index contributed by atoms with van der Waals surface area (Å²) in [5.41, 5.74) is 6.00. The highest BCUT2D eigenvalue weighted by Crippen LogP contribution is 2.29. The monoisotopic (exact) mass is 340 g/mol. The molecule has 24 heavy (non-hydrogen) atoms. The SMILES string of the molecule is CCC(C)C(N)C(=O)Nc1cnn(-c2ccc(C(F)(F)F)cc2)c1. The first-order valence-electron chi connectivity index (χ1n) is 7.51. The van der Waals surface area contributed by atoms with Gasteiger partial charge in [0.25, 0.3) is 0 Å². The lowest BCUT2D eigenvalue weighted by molar-refractivity contribution is -0.137. The molecular weight excluding hydrogens is 321 g/mol. The molecule has 0 aliphatic heterocycles. The Morgan fingerprint density at radius 1 is 1.33 bits per heavy atom. The molecule has 0 saturated heterocycles. The molecule has 0 aliphatic rings. The predicted octanol–water partition coefficient (Wildman–Crippen LogP) is 3.20. The molecule has 2 rings (SSSR count). The van der Waals surface area contributed by atoms with Crippen LogP contribution in [0.2, 0.25) is 0 Å². The number of anilines is 1. The predicted molar refractivity (Wildman–Crippen MR) is 84.6 cm³/mol. The number of benzene rings is 1. The van der Waals surface area contributed by atoms with Crippen LogP contribution in [0.3, 0.4) is 0 Å². The topological polar surface area (TPSA) is 72.9 Å². The molecule has 0 aliphatic carbocycles. The van der Waals surface area contributed by atoms with Crippen LogP contribution in [0.4, 0.5) is 18.9 Å². The zero-order valence-corrected chi connectivity index (χ0v) is 13.3. The van der Waals surface area contributed by atoms with Crippen LogP contribution < -0.4 is 11.1 Å². The average molecular weight is 340 g/mol. The highest BCUT2D eigenvalue weighted by atomic mass is 19.4. The van der Waals surface area contributed by atoms with Crippen molar-refractivity contribution in [2.75, 3.05) is 5.32 Å². The second kappa shape index (κ2) is 7.04. The smallest absolute Gasteiger partial charge is 0.322 e. The largest absolute Gasteiger partial charge is 0.416 e. The number of hydrogen-bond donors (Lipinski definition) is 2. The summed E-state index contributed by atoms with van der Waals surface area (Å²) in [6.07, 6.45) is -0.671. The van der Waals surface area contributed by atoms with E-state index < -0.39 is 17.8 Å². The molecule has 0 radical (unpaired) electrons. The zero-order valence-electron chi connectivity index (χ0n) is 13.3. The van der Waals surface area contributed by atoms with E-state index in [2.05, 4.69) is 10.4 Å². The number of nitrogens with one attached hydrogen (secondary N) is 1. The summed E-state index contributed by atoms with van der Waals surface area (Å²) in [4.78, 5) is 12.0. The number of amides is 1. The fraction of sp³-hybridized carbons (Fsp3) is 0.375. The maximum atomic E-state index is 12.6. The zero-order chi connectivity index (χ0) is 17.9. The average Bonchev–Trinajstić information content (AvgIpc) is 3.01. The van der Waals surface area contributed by atoms with Gasteiger partial charge in [-0.2, -0.15) is 18.3 Å². The van der Waals surface area contributed by atoms with E-state index in [9.17, 15) is 18.0 Å². The number of nitrogens with two attached hydrogens (primary N) is 1. The number of carbonyl (C=O) groups excluding carboxylic acids is 1. The van der Waals surface area contributed by atoms with Gasteiger partial charge in [0.15, 0.2) is 0 Å². The molecule has 2 unspecified atom stereocenters. The molecule has 5 nitrogen and oxygen atoms in total. The molecule has 0 fully saturated rings. The van der Waals surface area contributed by atoms with E-state index in [1.807, 2.05) is 13.8 Å². The molecule has 1 heterocycles. The standard InChI is InChI=1S/C16H19F3N4O/c1-3-10(2)14(20)15(24)22-12-8-21-23(9-12)13-6-4-11(5-7-13)16(17,18)19/h4-10,14H,3,20H2,1-2H3,(H,22,24). The third-order valence-corrected chi connectivity index (χ3v) is 3.87. The lowest BCUT2D eigenvalue weighted by Crippen LogP contribution is -2.40. The van der Waals surface area contributed by atoms with Gasteiger partial charge in [-0.15, -0.1) is 0 Å².